The average molecular weight is 611 g/mol. The number of carboxylic acid groups (broad SMARTS) is 1. The number of carbonyl (C=O) groups excluding carboxylic acids is 2. The second-order valence-electron chi connectivity index (χ2n) is 9.57. The van der Waals surface area contributed by atoms with Gasteiger partial charge < -0.3 is 34.6 Å². The van der Waals surface area contributed by atoms with Crippen LogP contribution in [0.25, 0.3) is 11.4 Å². The molecule has 1 saturated heterocycles. The van der Waals surface area contributed by atoms with Crippen LogP contribution in [0.15, 0.2) is 66.7 Å². The zero-order valence-corrected chi connectivity index (χ0v) is 24.9. The SMILES string of the molecule is CCOP(=O)(C[C@H](NC(=O)c1cc(Nc2ccccc2)nc(-c2ccccc2)n1)C(=O)N1CCN(C(=O)O)CC1)OCC. The van der Waals surface area contributed by atoms with Gasteiger partial charge in [0.2, 0.25) is 5.91 Å². The molecule has 0 bridgehead atoms. The van der Waals surface area contributed by atoms with Crippen LogP contribution < -0.4 is 10.6 Å². The van der Waals surface area contributed by atoms with Crippen molar-refractivity contribution in [1.82, 2.24) is 25.1 Å². The molecule has 2 heterocycles. The molecule has 228 valence electrons. The van der Waals surface area contributed by atoms with E-state index in [1.54, 1.807) is 13.8 Å². The van der Waals surface area contributed by atoms with E-state index < -0.39 is 37.7 Å². The van der Waals surface area contributed by atoms with Crippen LogP contribution in [-0.2, 0) is 18.4 Å². The molecule has 1 fully saturated rings. The van der Waals surface area contributed by atoms with Crippen molar-refractivity contribution in [3.8, 4) is 11.4 Å². The number of nitrogens with one attached hydrogen (secondary N) is 2. The third-order valence-electron chi connectivity index (χ3n) is 6.56. The third kappa shape index (κ3) is 8.60. The normalized spacial score (nSPS) is 14.2. The minimum atomic E-state index is -3.78. The van der Waals surface area contributed by atoms with Gasteiger partial charge >= 0.3 is 13.7 Å². The Morgan fingerprint density at radius 2 is 1.49 bits per heavy atom. The summed E-state index contributed by atoms with van der Waals surface area (Å²) in [7, 11) is -3.78. The van der Waals surface area contributed by atoms with E-state index in [9.17, 15) is 24.1 Å². The second-order valence-corrected chi connectivity index (χ2v) is 11.7. The van der Waals surface area contributed by atoms with Crippen molar-refractivity contribution in [3.05, 3.63) is 72.4 Å². The van der Waals surface area contributed by atoms with E-state index in [1.807, 2.05) is 60.7 Å². The van der Waals surface area contributed by atoms with E-state index in [4.69, 9.17) is 9.05 Å². The van der Waals surface area contributed by atoms with Gasteiger partial charge in [-0.3, -0.25) is 14.2 Å². The lowest BCUT2D eigenvalue weighted by atomic mass is 10.2. The summed E-state index contributed by atoms with van der Waals surface area (Å²) in [6.07, 6.45) is -1.49. The molecule has 13 nitrogen and oxygen atoms in total. The first-order valence-corrected chi connectivity index (χ1v) is 15.7. The summed E-state index contributed by atoms with van der Waals surface area (Å²) in [5, 5.41) is 15.2. The molecule has 3 N–H and O–H groups in total. The van der Waals surface area contributed by atoms with Gasteiger partial charge in [-0.2, -0.15) is 0 Å². The lowest BCUT2D eigenvalue weighted by Crippen LogP contribution is -2.56. The minimum absolute atomic E-state index is 0.0246. The van der Waals surface area contributed by atoms with Gasteiger partial charge in [-0.1, -0.05) is 48.5 Å². The molecule has 1 aromatic heterocycles. The van der Waals surface area contributed by atoms with Crippen molar-refractivity contribution in [2.24, 2.45) is 0 Å². The lowest BCUT2D eigenvalue weighted by molar-refractivity contribution is -0.134. The van der Waals surface area contributed by atoms with Crippen LogP contribution in [-0.4, -0.2) is 94.4 Å². The number of aromatic nitrogens is 2. The molecular formula is C29H35N6O7P. The number of anilines is 2. The van der Waals surface area contributed by atoms with E-state index in [0.29, 0.717) is 11.4 Å². The number of carbonyl (C=O) groups is 3. The standard InChI is InChI=1S/C29H35N6O7P/c1-3-41-43(40,42-4-2)20-24(28(37)34-15-17-35(18-16-34)29(38)39)32-27(36)23-19-25(30-22-13-9-6-10-14-22)33-26(31-23)21-11-7-5-8-12-21/h5-14,19,24H,3-4,15-18,20H2,1-2H3,(H,32,36)(H,38,39)(H,30,31,33)/t24-/m0/s1. The van der Waals surface area contributed by atoms with Crippen molar-refractivity contribution < 1.29 is 33.1 Å². The van der Waals surface area contributed by atoms with Crippen molar-refractivity contribution in [2.75, 3.05) is 50.9 Å². The summed E-state index contributed by atoms with van der Waals surface area (Å²) < 4.78 is 24.3. The van der Waals surface area contributed by atoms with Crippen LogP contribution in [0.2, 0.25) is 0 Å². The minimum Gasteiger partial charge on any atom is -0.465 e. The zero-order chi connectivity index (χ0) is 30.8. The monoisotopic (exact) mass is 610 g/mol. The summed E-state index contributed by atoms with van der Waals surface area (Å²) in [6, 6.07) is 18.6. The Hall–Kier alpha value is -4.32. The van der Waals surface area contributed by atoms with E-state index in [1.165, 1.54) is 15.9 Å². The molecule has 3 aromatic rings. The molecule has 0 unspecified atom stereocenters. The smallest absolute Gasteiger partial charge is 0.407 e. The third-order valence-corrected chi connectivity index (χ3v) is 8.68. The Kier molecular flexibility index (Phi) is 10.8. The van der Waals surface area contributed by atoms with Gasteiger partial charge in [-0.15, -0.1) is 0 Å². The molecule has 2 aromatic carbocycles. The molecule has 14 heteroatoms. The molecule has 43 heavy (non-hydrogen) atoms. The maximum Gasteiger partial charge on any atom is 0.407 e. The predicted molar refractivity (Wildman–Crippen MR) is 160 cm³/mol. The number of nitrogens with zero attached hydrogens (tertiary/aromatic N) is 4. The number of hydrogen-bond acceptors (Lipinski definition) is 9. The highest BCUT2D eigenvalue weighted by molar-refractivity contribution is 7.54. The van der Waals surface area contributed by atoms with Gasteiger partial charge in [0, 0.05) is 43.5 Å². The van der Waals surface area contributed by atoms with Crippen LogP contribution in [0, 0.1) is 0 Å². The highest BCUT2D eigenvalue weighted by Crippen LogP contribution is 2.48. The van der Waals surface area contributed by atoms with Crippen LogP contribution in [0.5, 0.6) is 0 Å². The second kappa shape index (κ2) is 14.7. The number of hydrogen-bond donors (Lipinski definition) is 3. The summed E-state index contributed by atoms with van der Waals surface area (Å²) >= 11 is 0. The van der Waals surface area contributed by atoms with Gasteiger partial charge in [0.05, 0.1) is 19.4 Å². The Bertz CT molecular complexity index is 1440. The molecule has 0 saturated carbocycles. The summed E-state index contributed by atoms with van der Waals surface area (Å²) in [5.74, 6) is -0.586. The summed E-state index contributed by atoms with van der Waals surface area (Å²) in [6.45, 7) is 3.89. The zero-order valence-electron chi connectivity index (χ0n) is 24.0. The van der Waals surface area contributed by atoms with Gasteiger partial charge in [0.25, 0.3) is 5.91 Å². The van der Waals surface area contributed by atoms with E-state index in [0.717, 1.165) is 5.69 Å². The van der Waals surface area contributed by atoms with Gasteiger partial charge in [0.1, 0.15) is 17.6 Å². The van der Waals surface area contributed by atoms with Gasteiger partial charge in [-0.25, -0.2) is 14.8 Å². The topological polar surface area (TPSA) is 163 Å². The molecule has 4 rings (SSSR count). The quantitative estimate of drug-likeness (QED) is 0.255. The van der Waals surface area contributed by atoms with Crippen LogP contribution in [0.4, 0.5) is 16.3 Å². The number of amides is 3. The highest BCUT2D eigenvalue weighted by atomic mass is 31.2. The summed E-state index contributed by atoms with van der Waals surface area (Å²) in [5.41, 5.74) is 1.40. The number of benzene rings is 2. The Labute approximate surface area is 249 Å². The number of para-hydroxylation sites is 1. The molecule has 1 aliphatic heterocycles. The molecule has 1 atom stereocenters. The first-order valence-electron chi connectivity index (χ1n) is 13.9. The van der Waals surface area contributed by atoms with Crippen LogP contribution in [0.3, 0.4) is 0 Å². The Morgan fingerprint density at radius 1 is 0.907 bits per heavy atom. The van der Waals surface area contributed by atoms with Crippen molar-refractivity contribution in [3.63, 3.8) is 0 Å². The van der Waals surface area contributed by atoms with Crippen molar-refractivity contribution >= 4 is 37.0 Å². The molecule has 0 radical (unpaired) electrons. The van der Waals surface area contributed by atoms with E-state index in [2.05, 4.69) is 20.6 Å². The van der Waals surface area contributed by atoms with E-state index >= 15 is 0 Å². The maximum atomic E-state index is 13.7. The Morgan fingerprint density at radius 3 is 2.07 bits per heavy atom. The van der Waals surface area contributed by atoms with Crippen molar-refractivity contribution in [2.45, 2.75) is 19.9 Å². The first kappa shape index (κ1) is 31.6. The fraction of sp³-hybridized carbons (Fsp3) is 0.345. The van der Waals surface area contributed by atoms with Gasteiger partial charge in [0.15, 0.2) is 5.82 Å². The highest BCUT2D eigenvalue weighted by Gasteiger charge is 2.37. The van der Waals surface area contributed by atoms with E-state index in [-0.39, 0.29) is 50.9 Å². The molecule has 0 aliphatic carbocycles. The van der Waals surface area contributed by atoms with Crippen molar-refractivity contribution in [1.29, 1.82) is 0 Å². The largest absolute Gasteiger partial charge is 0.465 e. The van der Waals surface area contributed by atoms with Crippen LogP contribution in [0.1, 0.15) is 24.3 Å². The lowest BCUT2D eigenvalue weighted by Gasteiger charge is -2.35. The molecule has 3 amide bonds. The van der Waals surface area contributed by atoms with Crippen LogP contribution >= 0.6 is 7.60 Å². The molecular weight excluding hydrogens is 575 g/mol. The molecule has 0 spiro atoms. The van der Waals surface area contributed by atoms with Gasteiger partial charge in [-0.05, 0) is 26.0 Å². The number of piperazine rings is 1. The number of rotatable bonds is 12. The fourth-order valence-electron chi connectivity index (χ4n) is 4.53. The average Bonchev–Trinajstić information content (AvgIpc) is 3.01. The summed E-state index contributed by atoms with van der Waals surface area (Å²) in [4.78, 5) is 50.5. The predicted octanol–water partition coefficient (Wildman–Crippen LogP) is 4.07. The first-order chi connectivity index (χ1) is 20.7. The molecule has 1 aliphatic rings. The fourth-order valence-corrected chi connectivity index (χ4v) is 6.30. The Balaban J connectivity index is 1.65. The maximum absolute atomic E-state index is 13.7.